The molecule has 2 rings (SSSR count). The number of nitrogens with one attached hydrogen (secondary N) is 1. The number of hydrogen-bond acceptors (Lipinski definition) is 5. The smallest absolute Gasteiger partial charge is 0.307 e. The first kappa shape index (κ1) is 19.0. The fourth-order valence-corrected chi connectivity index (χ4v) is 3.15. The van der Waals surface area contributed by atoms with E-state index < -0.39 is 0 Å². The predicted octanol–water partition coefficient (Wildman–Crippen LogP) is 3.46. The normalized spacial score (nSPS) is 10.3. The second-order valence-electron chi connectivity index (χ2n) is 5.48. The summed E-state index contributed by atoms with van der Waals surface area (Å²) >= 11 is 1.46. The van der Waals surface area contributed by atoms with Crippen molar-refractivity contribution in [3.8, 4) is 0 Å². The van der Waals surface area contributed by atoms with Crippen molar-refractivity contribution < 1.29 is 14.3 Å². The summed E-state index contributed by atoms with van der Waals surface area (Å²) < 4.78 is 5.37. The largest absolute Gasteiger partial charge is 0.461 e. The summed E-state index contributed by atoms with van der Waals surface area (Å²) in [5.74, 6) is -0.485. The zero-order chi connectivity index (χ0) is 18.1. The van der Waals surface area contributed by atoms with Crippen molar-refractivity contribution in [2.24, 2.45) is 0 Å². The molecule has 0 unspecified atom stereocenters. The molecular weight excluding hydrogens is 336 g/mol. The van der Waals surface area contributed by atoms with E-state index >= 15 is 0 Å². The minimum atomic E-state index is -0.319. The van der Waals surface area contributed by atoms with E-state index in [1.807, 2.05) is 29.6 Å². The quantitative estimate of drug-likeness (QED) is 0.696. The molecular formula is C19H24N2O3S. The lowest BCUT2D eigenvalue weighted by molar-refractivity contribution is -0.144. The van der Waals surface area contributed by atoms with Gasteiger partial charge in [0.15, 0.2) is 0 Å². The average molecular weight is 360 g/mol. The number of carbonyl (C=O) groups is 2. The highest BCUT2D eigenvalue weighted by Gasteiger charge is 2.11. The minimum absolute atomic E-state index is 0.156. The lowest BCUT2D eigenvalue weighted by Gasteiger charge is -2.24. The summed E-state index contributed by atoms with van der Waals surface area (Å²) in [5, 5.41) is 6.34. The van der Waals surface area contributed by atoms with Gasteiger partial charge in [0.1, 0.15) is 6.61 Å². The summed E-state index contributed by atoms with van der Waals surface area (Å²) in [6.07, 6.45) is 0.156. The minimum Gasteiger partial charge on any atom is -0.461 e. The summed E-state index contributed by atoms with van der Waals surface area (Å²) in [6.45, 7) is 6.51. The maximum Gasteiger partial charge on any atom is 0.307 e. The van der Waals surface area contributed by atoms with E-state index in [4.69, 9.17) is 4.74 Å². The molecule has 0 radical (unpaired) electrons. The van der Waals surface area contributed by atoms with Gasteiger partial charge in [-0.3, -0.25) is 9.59 Å². The van der Waals surface area contributed by atoms with Crippen LogP contribution in [-0.2, 0) is 16.1 Å². The molecule has 1 amide bonds. The first-order valence-corrected chi connectivity index (χ1v) is 9.38. The number of thiophene rings is 1. The van der Waals surface area contributed by atoms with Gasteiger partial charge in [-0.15, -0.1) is 0 Å². The topological polar surface area (TPSA) is 58.6 Å². The maximum absolute atomic E-state index is 11.9. The lowest BCUT2D eigenvalue weighted by atomic mass is 10.1. The molecule has 0 saturated heterocycles. The van der Waals surface area contributed by atoms with E-state index in [0.29, 0.717) is 5.56 Å². The first-order valence-electron chi connectivity index (χ1n) is 8.44. The number of hydrogen-bond donors (Lipinski definition) is 1. The maximum atomic E-state index is 11.9. The Morgan fingerprint density at radius 1 is 1.16 bits per heavy atom. The molecule has 1 aromatic heterocycles. The summed E-state index contributed by atoms with van der Waals surface area (Å²) in [7, 11) is 0. The number of para-hydroxylation sites is 1. The Hall–Kier alpha value is -2.34. The van der Waals surface area contributed by atoms with Crippen LogP contribution in [0, 0.1) is 0 Å². The van der Waals surface area contributed by atoms with Gasteiger partial charge in [-0.25, -0.2) is 0 Å². The van der Waals surface area contributed by atoms with Crippen molar-refractivity contribution in [1.82, 2.24) is 5.32 Å². The molecule has 0 saturated carbocycles. The first-order chi connectivity index (χ1) is 12.2. The Morgan fingerprint density at radius 2 is 1.92 bits per heavy atom. The number of carbonyl (C=O) groups excluding carboxylic acids is 2. The van der Waals surface area contributed by atoms with Crippen LogP contribution in [0.1, 0.15) is 36.2 Å². The van der Waals surface area contributed by atoms with E-state index in [0.717, 1.165) is 24.3 Å². The van der Waals surface area contributed by atoms with Crippen molar-refractivity contribution in [3.63, 3.8) is 0 Å². The number of esters is 1. The monoisotopic (exact) mass is 360 g/mol. The van der Waals surface area contributed by atoms with Crippen LogP contribution in [0.3, 0.4) is 0 Å². The van der Waals surface area contributed by atoms with Gasteiger partial charge >= 0.3 is 5.97 Å². The average Bonchev–Trinajstić information content (AvgIpc) is 3.16. The van der Waals surface area contributed by atoms with Gasteiger partial charge in [0.2, 0.25) is 0 Å². The second-order valence-corrected chi connectivity index (χ2v) is 6.26. The third kappa shape index (κ3) is 5.60. The summed E-state index contributed by atoms with van der Waals surface area (Å²) in [4.78, 5) is 25.9. The van der Waals surface area contributed by atoms with E-state index in [1.165, 1.54) is 11.3 Å². The molecule has 2 aromatic rings. The molecule has 5 nitrogen and oxygen atoms in total. The van der Waals surface area contributed by atoms with Crippen LogP contribution < -0.4 is 10.2 Å². The molecule has 134 valence electrons. The highest BCUT2D eigenvalue weighted by Crippen LogP contribution is 2.21. The molecule has 6 heteroatoms. The van der Waals surface area contributed by atoms with Crippen LogP contribution in [-0.4, -0.2) is 31.5 Å². The lowest BCUT2D eigenvalue weighted by Crippen LogP contribution is -2.26. The van der Waals surface area contributed by atoms with Gasteiger partial charge in [-0.05, 0) is 31.4 Å². The molecule has 0 aliphatic rings. The molecule has 0 fully saturated rings. The van der Waals surface area contributed by atoms with Crippen LogP contribution in [0.25, 0.3) is 0 Å². The Labute approximate surface area is 152 Å². The van der Waals surface area contributed by atoms with Crippen molar-refractivity contribution in [2.45, 2.75) is 26.9 Å². The highest BCUT2D eigenvalue weighted by atomic mass is 32.1. The third-order valence-corrected chi connectivity index (χ3v) is 4.57. The standard InChI is InChI=1S/C19H24N2O3S/c1-3-21(4-2)17-8-6-5-7-15(17)13-24-18(22)9-11-20-19(23)16-10-12-25-14-16/h5-8,10,12,14H,3-4,9,11,13H2,1-2H3,(H,20,23). The molecule has 1 heterocycles. The van der Waals surface area contributed by atoms with Crippen molar-refractivity contribution in [1.29, 1.82) is 0 Å². The molecule has 0 bridgehead atoms. The van der Waals surface area contributed by atoms with E-state index in [9.17, 15) is 9.59 Å². The van der Waals surface area contributed by atoms with E-state index in [-0.39, 0.29) is 31.4 Å². The molecule has 1 aromatic carbocycles. The van der Waals surface area contributed by atoms with Gasteiger partial charge < -0.3 is 15.0 Å². The number of ether oxygens (including phenoxy) is 1. The Balaban J connectivity index is 1.79. The summed E-state index contributed by atoms with van der Waals surface area (Å²) in [6, 6.07) is 9.69. The SMILES string of the molecule is CCN(CC)c1ccccc1COC(=O)CCNC(=O)c1ccsc1. The van der Waals surface area contributed by atoms with E-state index in [2.05, 4.69) is 24.1 Å². The number of nitrogens with zero attached hydrogens (tertiary/aromatic N) is 1. The number of amides is 1. The van der Waals surface area contributed by atoms with E-state index in [1.54, 1.807) is 11.4 Å². The number of rotatable bonds is 9. The van der Waals surface area contributed by atoms with Crippen molar-refractivity contribution in [2.75, 3.05) is 24.5 Å². The number of anilines is 1. The fourth-order valence-electron chi connectivity index (χ4n) is 2.51. The van der Waals surface area contributed by atoms with Gasteiger partial charge in [0.25, 0.3) is 5.91 Å². The van der Waals surface area contributed by atoms with Crippen LogP contribution in [0.5, 0.6) is 0 Å². The number of benzene rings is 1. The Kier molecular flexibility index (Phi) is 7.47. The van der Waals surface area contributed by atoms with Gasteiger partial charge in [0, 0.05) is 41.8 Å². The molecule has 0 aliphatic carbocycles. The molecule has 0 atom stereocenters. The predicted molar refractivity (Wildman–Crippen MR) is 101 cm³/mol. The van der Waals surface area contributed by atoms with Gasteiger partial charge in [-0.2, -0.15) is 11.3 Å². The summed E-state index contributed by atoms with van der Waals surface area (Å²) in [5.41, 5.74) is 2.69. The van der Waals surface area contributed by atoms with Crippen LogP contribution in [0.4, 0.5) is 5.69 Å². The Morgan fingerprint density at radius 3 is 2.60 bits per heavy atom. The molecule has 0 aliphatic heterocycles. The zero-order valence-electron chi connectivity index (χ0n) is 14.7. The highest BCUT2D eigenvalue weighted by molar-refractivity contribution is 7.08. The molecule has 1 N–H and O–H groups in total. The van der Waals surface area contributed by atoms with Gasteiger partial charge in [0.05, 0.1) is 6.42 Å². The zero-order valence-corrected chi connectivity index (χ0v) is 15.5. The second kappa shape index (κ2) is 9.84. The van der Waals surface area contributed by atoms with Crippen molar-refractivity contribution in [3.05, 3.63) is 52.2 Å². The molecule has 25 heavy (non-hydrogen) atoms. The third-order valence-electron chi connectivity index (χ3n) is 3.88. The van der Waals surface area contributed by atoms with Gasteiger partial charge in [-0.1, -0.05) is 18.2 Å². The molecule has 0 spiro atoms. The fraction of sp³-hybridized carbons (Fsp3) is 0.368. The van der Waals surface area contributed by atoms with Crippen molar-refractivity contribution >= 4 is 28.9 Å². The van der Waals surface area contributed by atoms with Crippen LogP contribution >= 0.6 is 11.3 Å². The Bertz CT molecular complexity index is 682. The van der Waals surface area contributed by atoms with Crippen LogP contribution in [0.2, 0.25) is 0 Å². The van der Waals surface area contributed by atoms with Crippen LogP contribution in [0.15, 0.2) is 41.1 Å².